The van der Waals surface area contributed by atoms with Crippen LogP contribution in [-0.2, 0) is 14.8 Å². The molecule has 0 aromatic rings. The largest absolute Gasteiger partial charge is 0.464 e. The summed E-state index contributed by atoms with van der Waals surface area (Å²) in [5.41, 5.74) is 0. The van der Waals surface area contributed by atoms with Crippen LogP contribution >= 0.6 is 0 Å². The summed E-state index contributed by atoms with van der Waals surface area (Å²) < 4.78 is 30.6. The highest BCUT2D eigenvalue weighted by molar-refractivity contribution is 7.81. The van der Waals surface area contributed by atoms with E-state index in [0.29, 0.717) is 0 Å². The second-order valence-corrected chi connectivity index (χ2v) is 1.40. The minimum Gasteiger partial charge on any atom is -0.233 e. The zero-order valence-corrected chi connectivity index (χ0v) is 3.27. The fourth-order valence-corrected chi connectivity index (χ4v) is 0. The van der Waals surface area contributed by atoms with Crippen LogP contribution in [0.4, 0.5) is 3.89 Å². The first-order valence-corrected chi connectivity index (χ1v) is 2.15. The van der Waals surface area contributed by atoms with Crippen molar-refractivity contribution in [1.82, 2.24) is 0 Å². The fraction of sp³-hybridized carbons (Fsp3) is 0. The molecule has 0 fully saturated rings. The Hall–Kier alpha value is -0.200. The van der Waals surface area contributed by atoms with Crippen LogP contribution in [0.25, 0.3) is 0 Å². The van der Waals surface area contributed by atoms with E-state index in [1.54, 1.807) is 0 Å². The molecule has 0 aromatic heterocycles. The molecule has 0 aliphatic heterocycles. The Labute approximate surface area is 33.5 Å². The van der Waals surface area contributed by atoms with Gasteiger partial charge in [0.25, 0.3) is 0 Å². The third-order valence-electron chi connectivity index (χ3n) is 0.0890. The average molecular weight is 116 g/mol. The van der Waals surface area contributed by atoms with E-state index in [1.807, 2.05) is 0 Å². The molecule has 1 N–H and O–H groups in total. The van der Waals surface area contributed by atoms with Crippen LogP contribution in [0.1, 0.15) is 0 Å². The molecule has 0 atom stereocenters. The minimum atomic E-state index is -5.11. The first-order valence-electron chi connectivity index (χ1n) is 0.837. The Bertz CT molecular complexity index is 110. The van der Waals surface area contributed by atoms with Gasteiger partial charge < -0.3 is 0 Å². The molecule has 0 radical (unpaired) electrons. The Balaban J connectivity index is 3.85. The lowest BCUT2D eigenvalue weighted by Crippen LogP contribution is -1.90. The molecule has 0 aliphatic rings. The molecule has 38 valence electrons. The Kier molecular flexibility index (Phi) is 1.45. The van der Waals surface area contributed by atoms with Gasteiger partial charge in [0.2, 0.25) is 0 Å². The molecule has 6 heavy (non-hydrogen) atoms. The molecule has 4 nitrogen and oxygen atoms in total. The molecule has 0 aromatic carbocycles. The summed E-state index contributed by atoms with van der Waals surface area (Å²) in [4.78, 5) is 0. The van der Waals surface area contributed by atoms with Gasteiger partial charge in [-0.1, -0.05) is 8.22 Å². The third kappa shape index (κ3) is 3.80. The molecule has 0 rings (SSSR count). The summed E-state index contributed by atoms with van der Waals surface area (Å²) in [6, 6.07) is 0. The van der Waals surface area contributed by atoms with Crippen molar-refractivity contribution >= 4 is 10.5 Å². The van der Waals surface area contributed by atoms with E-state index in [1.165, 1.54) is 0 Å². The lowest BCUT2D eigenvalue weighted by atomic mass is 15.0. The zero-order valence-electron chi connectivity index (χ0n) is 2.46. The molecule has 0 unspecified atom stereocenters. The van der Waals surface area contributed by atoms with Gasteiger partial charge in [-0.05, 0) is 0 Å². The zero-order chi connectivity index (χ0) is 5.21. The summed E-state index contributed by atoms with van der Waals surface area (Å²) in [5, 5.41) is 6.94. The molecule has 0 spiro atoms. The molecular formula is HFO4S. The molecule has 0 heterocycles. The first-order chi connectivity index (χ1) is 2.56. The van der Waals surface area contributed by atoms with Gasteiger partial charge in [0, 0.05) is 0 Å². The molecular weight excluding hydrogens is 115 g/mol. The maximum atomic E-state index is 10.6. The average Bonchev–Trinajstić information content (AvgIpc) is 1.35. The quantitative estimate of drug-likeness (QED) is 0.290. The number of halogens is 1. The summed E-state index contributed by atoms with van der Waals surface area (Å²) in [6.45, 7) is 0. The van der Waals surface area contributed by atoms with E-state index in [4.69, 9.17) is 13.7 Å². The van der Waals surface area contributed by atoms with Crippen molar-refractivity contribution in [2.24, 2.45) is 0 Å². The van der Waals surface area contributed by atoms with Gasteiger partial charge in [-0.3, -0.25) is 0 Å². The monoisotopic (exact) mass is 116 g/mol. The van der Waals surface area contributed by atoms with Crippen molar-refractivity contribution in [3.05, 3.63) is 0 Å². The summed E-state index contributed by atoms with van der Waals surface area (Å²) in [6.07, 6.45) is 0. The predicted octanol–water partition coefficient (Wildman–Crippen LogP) is -0.310. The van der Waals surface area contributed by atoms with Gasteiger partial charge in [-0.25, -0.2) is 5.26 Å². The van der Waals surface area contributed by atoms with Crippen molar-refractivity contribution in [2.75, 3.05) is 0 Å². The molecule has 0 saturated heterocycles. The first kappa shape index (κ1) is 5.80. The molecule has 0 saturated carbocycles. The van der Waals surface area contributed by atoms with Gasteiger partial charge in [0.15, 0.2) is 0 Å². The smallest absolute Gasteiger partial charge is 0.233 e. The normalized spacial score (nSPS) is 11.7. The van der Waals surface area contributed by atoms with Crippen LogP contribution in [0.15, 0.2) is 0 Å². The van der Waals surface area contributed by atoms with E-state index in [0.717, 1.165) is 0 Å². The van der Waals surface area contributed by atoms with Crippen molar-refractivity contribution < 1.29 is 21.9 Å². The molecule has 0 aliphatic carbocycles. The van der Waals surface area contributed by atoms with E-state index in [2.05, 4.69) is 4.33 Å². The predicted molar refractivity (Wildman–Crippen MR) is 13.7 cm³/mol. The number of hydrogen-bond donors (Lipinski definition) is 1. The SMILES string of the molecule is O=S(=O)(F)OO. The highest BCUT2D eigenvalue weighted by Gasteiger charge is 2.01. The summed E-state index contributed by atoms with van der Waals surface area (Å²) in [5.74, 6) is 0. The van der Waals surface area contributed by atoms with Gasteiger partial charge in [0.1, 0.15) is 0 Å². The maximum Gasteiger partial charge on any atom is 0.464 e. The molecule has 6 heteroatoms. The Morgan fingerprint density at radius 3 is 1.83 bits per heavy atom. The lowest BCUT2D eigenvalue weighted by Gasteiger charge is -1.75. The second kappa shape index (κ2) is 1.50. The highest BCUT2D eigenvalue weighted by Crippen LogP contribution is 1.85. The van der Waals surface area contributed by atoms with E-state index < -0.39 is 10.5 Å². The van der Waals surface area contributed by atoms with Crippen molar-refractivity contribution in [2.45, 2.75) is 0 Å². The van der Waals surface area contributed by atoms with E-state index >= 15 is 0 Å². The van der Waals surface area contributed by atoms with Crippen molar-refractivity contribution in [3.8, 4) is 0 Å². The van der Waals surface area contributed by atoms with Crippen LogP contribution in [0.3, 0.4) is 0 Å². The van der Waals surface area contributed by atoms with E-state index in [-0.39, 0.29) is 0 Å². The summed E-state index contributed by atoms with van der Waals surface area (Å²) >= 11 is 0. The number of rotatable bonds is 1. The van der Waals surface area contributed by atoms with Crippen molar-refractivity contribution in [1.29, 1.82) is 0 Å². The topological polar surface area (TPSA) is 63.6 Å². The molecule has 0 amide bonds. The standard InChI is InChI=1S/FHO4S/c1-6(3,4)5-2/h2H. The van der Waals surface area contributed by atoms with Gasteiger partial charge >= 0.3 is 10.5 Å². The highest BCUT2D eigenvalue weighted by atomic mass is 32.3. The van der Waals surface area contributed by atoms with Gasteiger partial charge in [-0.2, -0.15) is 8.42 Å². The lowest BCUT2D eigenvalue weighted by molar-refractivity contribution is -0.136. The van der Waals surface area contributed by atoms with Gasteiger partial charge in [-0.15, -0.1) is 0 Å². The fourth-order valence-electron chi connectivity index (χ4n) is 0. The van der Waals surface area contributed by atoms with Crippen molar-refractivity contribution in [3.63, 3.8) is 0 Å². The summed E-state index contributed by atoms with van der Waals surface area (Å²) in [7, 11) is -5.11. The number of hydrogen-bond acceptors (Lipinski definition) is 4. The van der Waals surface area contributed by atoms with Crippen LogP contribution in [0, 0.1) is 0 Å². The maximum absolute atomic E-state index is 10.6. The van der Waals surface area contributed by atoms with Crippen LogP contribution in [-0.4, -0.2) is 13.7 Å². The van der Waals surface area contributed by atoms with Crippen LogP contribution < -0.4 is 0 Å². The second-order valence-electron chi connectivity index (χ2n) is 0.468. The van der Waals surface area contributed by atoms with Crippen LogP contribution in [0.2, 0.25) is 0 Å². The van der Waals surface area contributed by atoms with Crippen LogP contribution in [0.5, 0.6) is 0 Å². The van der Waals surface area contributed by atoms with Gasteiger partial charge in [0.05, 0.1) is 0 Å². The minimum absolute atomic E-state index is 2.24. The molecule has 0 bridgehead atoms. The third-order valence-corrected chi connectivity index (χ3v) is 0.267. The Morgan fingerprint density at radius 2 is 1.83 bits per heavy atom. The van der Waals surface area contributed by atoms with E-state index in [9.17, 15) is 3.89 Å². The Morgan fingerprint density at radius 1 is 1.67 bits per heavy atom.